The number of carbonyl (C=O) groups is 1. The van der Waals surface area contributed by atoms with Gasteiger partial charge in [0, 0.05) is 25.1 Å². The van der Waals surface area contributed by atoms with Gasteiger partial charge in [0.25, 0.3) is 0 Å². The predicted octanol–water partition coefficient (Wildman–Crippen LogP) is 2.29. The van der Waals surface area contributed by atoms with Crippen molar-refractivity contribution in [3.05, 3.63) is 18.2 Å². The largest absolute Gasteiger partial charge is 0.478 e. The molecule has 0 aromatic carbocycles. The number of aromatic nitrogens is 1. The highest BCUT2D eigenvalue weighted by molar-refractivity contribution is 5.79. The number of nitrogens with zero attached hydrogens (tertiary/aromatic N) is 2. The molecule has 1 aromatic heterocycles. The molecule has 2 heterocycles. The van der Waals surface area contributed by atoms with Crippen LogP contribution in [0.1, 0.15) is 26.7 Å². The van der Waals surface area contributed by atoms with Crippen molar-refractivity contribution in [2.45, 2.75) is 26.7 Å². The summed E-state index contributed by atoms with van der Waals surface area (Å²) in [5.41, 5.74) is 0. The first-order chi connectivity index (χ1) is 8.70. The van der Waals surface area contributed by atoms with E-state index in [1.54, 1.807) is 6.92 Å². The fourth-order valence-electron chi connectivity index (χ4n) is 2.33. The molecule has 1 saturated heterocycles. The van der Waals surface area contributed by atoms with E-state index >= 15 is 0 Å². The second-order valence-corrected chi connectivity index (χ2v) is 4.66. The summed E-state index contributed by atoms with van der Waals surface area (Å²) >= 11 is 0. The van der Waals surface area contributed by atoms with Crippen LogP contribution >= 0.6 is 0 Å². The smallest absolute Gasteiger partial charge is 0.215 e. The molecule has 98 valence electrons. The van der Waals surface area contributed by atoms with E-state index < -0.39 is 0 Å². The number of carbonyl (C=O) groups excluding carboxylic acids is 1. The maximum atomic E-state index is 11.5. The Balaban J connectivity index is 2.10. The van der Waals surface area contributed by atoms with Gasteiger partial charge in [-0.05, 0) is 32.8 Å². The molecule has 18 heavy (non-hydrogen) atoms. The van der Waals surface area contributed by atoms with Crippen molar-refractivity contribution >= 4 is 11.6 Å². The van der Waals surface area contributed by atoms with Crippen LogP contribution in [0.4, 0.5) is 5.82 Å². The summed E-state index contributed by atoms with van der Waals surface area (Å²) < 4.78 is 5.41. The first-order valence-corrected chi connectivity index (χ1v) is 6.56. The molecule has 4 nitrogen and oxygen atoms in total. The second kappa shape index (κ2) is 5.85. The van der Waals surface area contributed by atoms with Crippen LogP contribution in [0.2, 0.25) is 0 Å². The minimum absolute atomic E-state index is 0.149. The Morgan fingerprint density at radius 2 is 2.39 bits per heavy atom. The Bertz CT molecular complexity index is 420. The maximum Gasteiger partial charge on any atom is 0.215 e. The molecule has 4 heteroatoms. The SMILES string of the molecule is CCOc1cccc(N2CCCC(C(C)=O)C2)n1. The van der Waals surface area contributed by atoms with Gasteiger partial charge in [-0.15, -0.1) is 0 Å². The molecule has 1 aromatic rings. The van der Waals surface area contributed by atoms with Gasteiger partial charge in [-0.2, -0.15) is 4.98 Å². The van der Waals surface area contributed by atoms with Gasteiger partial charge in [-0.3, -0.25) is 4.79 Å². The number of anilines is 1. The molecular weight excluding hydrogens is 228 g/mol. The molecule has 0 saturated carbocycles. The monoisotopic (exact) mass is 248 g/mol. The lowest BCUT2D eigenvalue weighted by atomic mass is 9.95. The van der Waals surface area contributed by atoms with Crippen molar-refractivity contribution in [1.29, 1.82) is 0 Å². The number of piperidine rings is 1. The number of hydrogen-bond acceptors (Lipinski definition) is 4. The van der Waals surface area contributed by atoms with Crippen LogP contribution in [0, 0.1) is 5.92 Å². The molecule has 1 atom stereocenters. The van der Waals surface area contributed by atoms with Crippen LogP contribution < -0.4 is 9.64 Å². The quantitative estimate of drug-likeness (QED) is 0.820. The summed E-state index contributed by atoms with van der Waals surface area (Å²) in [6.07, 6.45) is 2.04. The predicted molar refractivity (Wildman–Crippen MR) is 71.0 cm³/mol. The molecule has 1 fully saturated rings. The molecule has 0 bridgehead atoms. The fraction of sp³-hybridized carbons (Fsp3) is 0.571. The van der Waals surface area contributed by atoms with Crippen LogP contribution in [0.25, 0.3) is 0 Å². The topological polar surface area (TPSA) is 42.4 Å². The summed E-state index contributed by atoms with van der Waals surface area (Å²) in [6.45, 7) is 5.98. The summed E-state index contributed by atoms with van der Waals surface area (Å²) in [5.74, 6) is 1.99. The van der Waals surface area contributed by atoms with E-state index in [2.05, 4.69) is 9.88 Å². The van der Waals surface area contributed by atoms with Gasteiger partial charge in [-0.1, -0.05) is 6.07 Å². The summed E-state index contributed by atoms with van der Waals surface area (Å²) in [6, 6.07) is 5.79. The van der Waals surface area contributed by atoms with Crippen LogP contribution in [0.5, 0.6) is 5.88 Å². The van der Waals surface area contributed by atoms with E-state index in [0.29, 0.717) is 12.5 Å². The van der Waals surface area contributed by atoms with E-state index in [-0.39, 0.29) is 11.7 Å². The first kappa shape index (κ1) is 12.9. The molecule has 0 radical (unpaired) electrons. The third kappa shape index (κ3) is 3.00. The fourth-order valence-corrected chi connectivity index (χ4v) is 2.33. The number of hydrogen-bond donors (Lipinski definition) is 0. The Morgan fingerprint density at radius 1 is 1.56 bits per heavy atom. The number of pyridine rings is 1. The van der Waals surface area contributed by atoms with Crippen molar-refractivity contribution in [2.75, 3.05) is 24.6 Å². The number of Topliss-reactive ketones (excluding diaryl/α,β-unsaturated/α-hetero) is 1. The minimum Gasteiger partial charge on any atom is -0.478 e. The zero-order chi connectivity index (χ0) is 13.0. The van der Waals surface area contributed by atoms with Crippen molar-refractivity contribution < 1.29 is 9.53 Å². The van der Waals surface area contributed by atoms with E-state index in [1.165, 1.54) is 0 Å². The second-order valence-electron chi connectivity index (χ2n) is 4.66. The lowest BCUT2D eigenvalue weighted by Crippen LogP contribution is -2.38. The standard InChI is InChI=1S/C14H20N2O2/c1-3-18-14-8-4-7-13(15-14)16-9-5-6-12(10-16)11(2)17/h4,7-8,12H,3,5-6,9-10H2,1-2H3. The van der Waals surface area contributed by atoms with Crippen molar-refractivity contribution in [2.24, 2.45) is 5.92 Å². The lowest BCUT2D eigenvalue weighted by molar-refractivity contribution is -0.120. The molecule has 0 spiro atoms. The molecule has 1 aliphatic heterocycles. The number of rotatable bonds is 4. The molecule has 0 amide bonds. The molecular formula is C14H20N2O2. The lowest BCUT2D eigenvalue weighted by Gasteiger charge is -2.32. The van der Waals surface area contributed by atoms with Gasteiger partial charge in [0.1, 0.15) is 11.6 Å². The molecule has 0 N–H and O–H groups in total. The highest BCUT2D eigenvalue weighted by Crippen LogP contribution is 2.23. The zero-order valence-corrected chi connectivity index (χ0v) is 11.1. The normalized spacial score (nSPS) is 19.7. The average Bonchev–Trinajstić information content (AvgIpc) is 2.39. The Labute approximate surface area is 108 Å². The third-order valence-corrected chi connectivity index (χ3v) is 3.32. The Hall–Kier alpha value is -1.58. The summed E-state index contributed by atoms with van der Waals surface area (Å²) in [7, 11) is 0. The van der Waals surface area contributed by atoms with Gasteiger partial charge in [-0.25, -0.2) is 0 Å². The van der Waals surface area contributed by atoms with Gasteiger partial charge >= 0.3 is 0 Å². The van der Waals surface area contributed by atoms with E-state index in [4.69, 9.17) is 4.74 Å². The van der Waals surface area contributed by atoms with Gasteiger partial charge < -0.3 is 9.64 Å². The average molecular weight is 248 g/mol. The van der Waals surface area contributed by atoms with Crippen molar-refractivity contribution in [3.63, 3.8) is 0 Å². The molecule has 1 aliphatic rings. The third-order valence-electron chi connectivity index (χ3n) is 3.32. The van der Waals surface area contributed by atoms with Gasteiger partial charge in [0.05, 0.1) is 6.61 Å². The summed E-state index contributed by atoms with van der Waals surface area (Å²) in [4.78, 5) is 18.1. The molecule has 2 rings (SSSR count). The van der Waals surface area contributed by atoms with Crippen LogP contribution in [0.15, 0.2) is 18.2 Å². The first-order valence-electron chi connectivity index (χ1n) is 6.56. The van der Waals surface area contributed by atoms with Crippen LogP contribution in [-0.4, -0.2) is 30.5 Å². The molecule has 1 unspecified atom stereocenters. The Kier molecular flexibility index (Phi) is 4.18. The van der Waals surface area contributed by atoms with Crippen LogP contribution in [-0.2, 0) is 4.79 Å². The Morgan fingerprint density at radius 3 is 3.11 bits per heavy atom. The highest BCUT2D eigenvalue weighted by Gasteiger charge is 2.24. The zero-order valence-electron chi connectivity index (χ0n) is 11.1. The van der Waals surface area contributed by atoms with Crippen molar-refractivity contribution in [3.8, 4) is 5.88 Å². The maximum absolute atomic E-state index is 11.5. The van der Waals surface area contributed by atoms with E-state index in [9.17, 15) is 4.79 Å². The highest BCUT2D eigenvalue weighted by atomic mass is 16.5. The number of ether oxygens (including phenoxy) is 1. The van der Waals surface area contributed by atoms with Crippen LogP contribution in [0.3, 0.4) is 0 Å². The van der Waals surface area contributed by atoms with E-state index in [1.807, 2.05) is 25.1 Å². The molecule has 0 aliphatic carbocycles. The van der Waals surface area contributed by atoms with E-state index in [0.717, 1.165) is 31.7 Å². The van der Waals surface area contributed by atoms with Gasteiger partial charge in [0.2, 0.25) is 5.88 Å². The van der Waals surface area contributed by atoms with Gasteiger partial charge in [0.15, 0.2) is 0 Å². The summed E-state index contributed by atoms with van der Waals surface area (Å²) in [5, 5.41) is 0. The minimum atomic E-state index is 0.149. The van der Waals surface area contributed by atoms with Crippen molar-refractivity contribution in [1.82, 2.24) is 4.98 Å². The number of ketones is 1.